The number of rotatable bonds is 1. The Balaban J connectivity index is 1.86. The number of carbonyl (C=O) groups is 1. The summed E-state index contributed by atoms with van der Waals surface area (Å²) in [7, 11) is 1.59. The molecule has 1 aromatic carbocycles. The number of carbonyl (C=O) groups excluding carboxylic acids is 1. The molecule has 1 N–H and O–H groups in total. The minimum absolute atomic E-state index is 0.101. The van der Waals surface area contributed by atoms with E-state index < -0.39 is 11.4 Å². The molecule has 1 saturated heterocycles. The average molecular weight is 328 g/mol. The van der Waals surface area contributed by atoms with Crippen LogP contribution in [0.2, 0.25) is 0 Å². The molecule has 24 heavy (non-hydrogen) atoms. The first-order valence-electron chi connectivity index (χ1n) is 8.58. The number of benzene rings is 1. The summed E-state index contributed by atoms with van der Waals surface area (Å²) in [6, 6.07) is 5.41. The van der Waals surface area contributed by atoms with Crippen LogP contribution in [0.4, 0.5) is 0 Å². The molecule has 2 bridgehead atoms. The Morgan fingerprint density at radius 2 is 1.92 bits per heavy atom. The highest BCUT2D eigenvalue weighted by atomic mass is 16.7. The first kappa shape index (κ1) is 14.6. The molecule has 0 atom stereocenters. The summed E-state index contributed by atoms with van der Waals surface area (Å²) in [5.41, 5.74) is 1.51. The lowest BCUT2D eigenvalue weighted by atomic mass is 9.58. The SMILES string of the molecule is COc1cccc2c1C1(OCCO1)C1=C(C2=O)C2(O)CCC1CC2. The van der Waals surface area contributed by atoms with Gasteiger partial charge in [0.25, 0.3) is 0 Å². The van der Waals surface area contributed by atoms with Crippen molar-refractivity contribution in [3.05, 3.63) is 40.5 Å². The molecule has 0 unspecified atom stereocenters. The van der Waals surface area contributed by atoms with Crippen molar-refractivity contribution in [2.24, 2.45) is 5.92 Å². The van der Waals surface area contributed by atoms with Gasteiger partial charge in [-0.25, -0.2) is 0 Å². The van der Waals surface area contributed by atoms with Crippen molar-refractivity contribution < 1.29 is 24.1 Å². The fraction of sp³-hybridized carbons (Fsp3) is 0.526. The van der Waals surface area contributed by atoms with E-state index in [2.05, 4.69) is 0 Å². The van der Waals surface area contributed by atoms with Crippen LogP contribution in [-0.4, -0.2) is 36.8 Å². The van der Waals surface area contributed by atoms with Crippen molar-refractivity contribution in [3.8, 4) is 5.75 Å². The zero-order valence-corrected chi connectivity index (χ0v) is 13.6. The van der Waals surface area contributed by atoms with E-state index >= 15 is 0 Å². The molecule has 2 fully saturated rings. The Hall–Kier alpha value is -1.69. The summed E-state index contributed by atoms with van der Waals surface area (Å²) < 4.78 is 17.8. The van der Waals surface area contributed by atoms with Gasteiger partial charge >= 0.3 is 0 Å². The van der Waals surface area contributed by atoms with Crippen LogP contribution >= 0.6 is 0 Å². The molecule has 1 spiro atoms. The molecule has 1 aromatic rings. The lowest BCUT2D eigenvalue weighted by Crippen LogP contribution is -2.53. The van der Waals surface area contributed by atoms with E-state index in [1.807, 2.05) is 6.07 Å². The van der Waals surface area contributed by atoms with Gasteiger partial charge in [-0.3, -0.25) is 4.79 Å². The second-order valence-electron chi connectivity index (χ2n) is 7.12. The van der Waals surface area contributed by atoms with Gasteiger partial charge in [-0.05, 0) is 37.7 Å². The zero-order chi connectivity index (χ0) is 16.5. The van der Waals surface area contributed by atoms with Crippen LogP contribution in [0, 0.1) is 5.92 Å². The molecule has 0 aromatic heterocycles. The van der Waals surface area contributed by atoms with Gasteiger partial charge in [0.15, 0.2) is 5.78 Å². The van der Waals surface area contributed by atoms with E-state index in [9.17, 15) is 9.90 Å². The summed E-state index contributed by atoms with van der Waals surface area (Å²) in [4.78, 5) is 13.3. The Morgan fingerprint density at radius 3 is 2.58 bits per heavy atom. The number of aliphatic hydroxyl groups is 1. The first-order chi connectivity index (χ1) is 11.6. The molecule has 6 rings (SSSR count). The largest absolute Gasteiger partial charge is 0.496 e. The van der Waals surface area contributed by atoms with Crippen LogP contribution in [0.15, 0.2) is 29.3 Å². The van der Waals surface area contributed by atoms with Gasteiger partial charge in [-0.1, -0.05) is 12.1 Å². The highest BCUT2D eigenvalue weighted by molar-refractivity contribution is 6.14. The third kappa shape index (κ3) is 1.58. The molecular weight excluding hydrogens is 308 g/mol. The smallest absolute Gasteiger partial charge is 0.223 e. The van der Waals surface area contributed by atoms with Crippen LogP contribution < -0.4 is 4.74 Å². The Bertz CT molecular complexity index is 764. The number of hydrogen-bond donors (Lipinski definition) is 1. The quantitative estimate of drug-likeness (QED) is 0.857. The van der Waals surface area contributed by atoms with Crippen LogP contribution in [-0.2, 0) is 15.3 Å². The predicted molar refractivity (Wildman–Crippen MR) is 84.8 cm³/mol. The fourth-order valence-electron chi connectivity index (χ4n) is 5.07. The third-order valence-electron chi connectivity index (χ3n) is 6.05. The Labute approximate surface area is 140 Å². The number of hydrogen-bond acceptors (Lipinski definition) is 5. The molecule has 126 valence electrons. The Kier molecular flexibility index (Phi) is 2.86. The van der Waals surface area contributed by atoms with E-state index in [4.69, 9.17) is 14.2 Å². The van der Waals surface area contributed by atoms with Gasteiger partial charge in [-0.2, -0.15) is 0 Å². The molecule has 5 heteroatoms. The predicted octanol–water partition coefficient (Wildman–Crippen LogP) is 2.32. The van der Waals surface area contributed by atoms with Crippen LogP contribution in [0.25, 0.3) is 0 Å². The number of ketones is 1. The second-order valence-corrected chi connectivity index (χ2v) is 7.12. The van der Waals surface area contributed by atoms with Crippen molar-refractivity contribution in [1.29, 1.82) is 0 Å². The molecule has 5 nitrogen and oxygen atoms in total. The van der Waals surface area contributed by atoms with Gasteiger partial charge in [0.1, 0.15) is 5.75 Å². The zero-order valence-electron chi connectivity index (χ0n) is 13.6. The molecule has 0 radical (unpaired) electrons. The summed E-state index contributed by atoms with van der Waals surface area (Å²) in [5, 5.41) is 11.2. The van der Waals surface area contributed by atoms with E-state index in [0.717, 1.165) is 18.4 Å². The molecule has 1 aliphatic heterocycles. The molecule has 4 aliphatic carbocycles. The molecule has 1 heterocycles. The Morgan fingerprint density at radius 1 is 1.21 bits per heavy atom. The van der Waals surface area contributed by atoms with Crippen molar-refractivity contribution >= 4 is 5.78 Å². The minimum atomic E-state index is -1.08. The topological polar surface area (TPSA) is 65.0 Å². The maximum Gasteiger partial charge on any atom is 0.223 e. The number of Topliss-reactive ketones (excluding diaryl/α,β-unsaturated/α-hetero) is 1. The normalized spacial score (nSPS) is 32.9. The summed E-state index contributed by atoms with van der Waals surface area (Å²) in [6.07, 6.45) is 3.00. The number of ether oxygens (including phenoxy) is 3. The number of fused-ring (bicyclic) bond motifs is 4. The molecule has 0 amide bonds. The summed E-state index contributed by atoms with van der Waals surface area (Å²) in [6.45, 7) is 0.932. The van der Waals surface area contributed by atoms with Gasteiger partial charge in [0.2, 0.25) is 5.79 Å². The summed E-state index contributed by atoms with van der Waals surface area (Å²) >= 11 is 0. The van der Waals surface area contributed by atoms with Crippen molar-refractivity contribution in [3.63, 3.8) is 0 Å². The van der Waals surface area contributed by atoms with Crippen LogP contribution in [0.1, 0.15) is 41.6 Å². The molecule has 1 saturated carbocycles. The summed E-state index contributed by atoms with van der Waals surface area (Å²) in [5.74, 6) is -0.364. The van der Waals surface area contributed by atoms with Gasteiger partial charge < -0.3 is 19.3 Å². The highest BCUT2D eigenvalue weighted by Crippen LogP contribution is 2.60. The van der Waals surface area contributed by atoms with Crippen molar-refractivity contribution in [2.45, 2.75) is 37.1 Å². The van der Waals surface area contributed by atoms with E-state index in [1.54, 1.807) is 19.2 Å². The monoisotopic (exact) mass is 328 g/mol. The average Bonchev–Trinajstić information content (AvgIpc) is 3.09. The van der Waals surface area contributed by atoms with Gasteiger partial charge in [0.05, 0.1) is 31.5 Å². The molecule has 5 aliphatic rings. The highest BCUT2D eigenvalue weighted by Gasteiger charge is 2.61. The maximum absolute atomic E-state index is 13.3. The first-order valence-corrected chi connectivity index (χ1v) is 8.58. The van der Waals surface area contributed by atoms with E-state index in [1.165, 1.54) is 0 Å². The third-order valence-corrected chi connectivity index (χ3v) is 6.05. The number of methoxy groups -OCH3 is 1. The van der Waals surface area contributed by atoms with Gasteiger partial charge in [-0.15, -0.1) is 0 Å². The van der Waals surface area contributed by atoms with Crippen LogP contribution in [0.3, 0.4) is 0 Å². The van der Waals surface area contributed by atoms with E-state index in [-0.39, 0.29) is 11.7 Å². The standard InChI is InChI=1S/C19H20O5/c1-22-13-4-2-3-12-15(13)19(23-9-10-24-19)14-11-5-7-18(21,8-6-11)16(14)17(12)20/h2-4,11,21H,5-10H2,1H3. The lowest BCUT2D eigenvalue weighted by molar-refractivity contribution is -0.152. The van der Waals surface area contributed by atoms with Crippen molar-refractivity contribution in [1.82, 2.24) is 0 Å². The van der Waals surface area contributed by atoms with E-state index in [0.29, 0.717) is 48.5 Å². The minimum Gasteiger partial charge on any atom is -0.496 e. The second kappa shape index (κ2) is 4.69. The van der Waals surface area contributed by atoms with Gasteiger partial charge in [0, 0.05) is 16.7 Å². The maximum atomic E-state index is 13.3. The van der Waals surface area contributed by atoms with Crippen LogP contribution in [0.5, 0.6) is 5.75 Å². The van der Waals surface area contributed by atoms with Crippen molar-refractivity contribution in [2.75, 3.05) is 20.3 Å². The molecular formula is C19H20O5. The fourth-order valence-corrected chi connectivity index (χ4v) is 5.07. The lowest BCUT2D eigenvalue weighted by Gasteiger charge is -2.52.